The average Bonchev–Trinajstić information content (AvgIpc) is 2.43. The third kappa shape index (κ3) is 3.02. The summed E-state index contributed by atoms with van der Waals surface area (Å²) in [7, 11) is 1.59. The SMILES string of the molecule is COc1ccc(C(=O)Nc2cccc(C)c2C)cc1Br. The smallest absolute Gasteiger partial charge is 0.255 e. The monoisotopic (exact) mass is 333 g/mol. The number of methoxy groups -OCH3 is 1. The van der Waals surface area contributed by atoms with Crippen molar-refractivity contribution in [2.75, 3.05) is 12.4 Å². The van der Waals surface area contributed by atoms with E-state index in [4.69, 9.17) is 4.74 Å². The third-order valence-corrected chi connectivity index (χ3v) is 3.89. The number of hydrogen-bond acceptors (Lipinski definition) is 2. The van der Waals surface area contributed by atoms with Gasteiger partial charge in [-0.3, -0.25) is 4.79 Å². The molecule has 0 aliphatic rings. The van der Waals surface area contributed by atoms with Crippen LogP contribution in [0.4, 0.5) is 5.69 Å². The molecule has 2 rings (SSSR count). The van der Waals surface area contributed by atoms with Gasteiger partial charge in [0.05, 0.1) is 11.6 Å². The van der Waals surface area contributed by atoms with Crippen molar-refractivity contribution >= 4 is 27.5 Å². The first-order chi connectivity index (χ1) is 9.52. The molecule has 104 valence electrons. The molecule has 20 heavy (non-hydrogen) atoms. The van der Waals surface area contributed by atoms with Crippen molar-refractivity contribution in [3.63, 3.8) is 0 Å². The van der Waals surface area contributed by atoms with Gasteiger partial charge in [0, 0.05) is 11.3 Å². The molecule has 0 aliphatic carbocycles. The lowest BCUT2D eigenvalue weighted by atomic mass is 10.1. The Morgan fingerprint density at radius 2 is 1.95 bits per heavy atom. The Bertz CT molecular complexity index is 653. The van der Waals surface area contributed by atoms with Crippen molar-refractivity contribution in [2.45, 2.75) is 13.8 Å². The molecule has 0 bridgehead atoms. The minimum absolute atomic E-state index is 0.137. The molecule has 4 heteroatoms. The number of hydrogen-bond donors (Lipinski definition) is 1. The maximum atomic E-state index is 12.3. The van der Waals surface area contributed by atoms with E-state index in [-0.39, 0.29) is 5.91 Å². The van der Waals surface area contributed by atoms with E-state index in [1.54, 1.807) is 25.3 Å². The summed E-state index contributed by atoms with van der Waals surface area (Å²) < 4.78 is 5.91. The predicted molar refractivity (Wildman–Crippen MR) is 84.6 cm³/mol. The fourth-order valence-corrected chi connectivity index (χ4v) is 2.43. The largest absolute Gasteiger partial charge is 0.496 e. The van der Waals surface area contributed by atoms with Crippen LogP contribution in [-0.2, 0) is 0 Å². The van der Waals surface area contributed by atoms with Crippen LogP contribution in [-0.4, -0.2) is 13.0 Å². The minimum atomic E-state index is -0.137. The lowest BCUT2D eigenvalue weighted by Gasteiger charge is -2.11. The number of anilines is 1. The molecule has 1 N–H and O–H groups in total. The molecular weight excluding hydrogens is 318 g/mol. The van der Waals surface area contributed by atoms with E-state index in [1.807, 2.05) is 32.0 Å². The fourth-order valence-electron chi connectivity index (χ4n) is 1.89. The summed E-state index contributed by atoms with van der Waals surface area (Å²) >= 11 is 3.38. The van der Waals surface area contributed by atoms with Gasteiger partial charge in [-0.1, -0.05) is 12.1 Å². The molecule has 0 aliphatic heterocycles. The van der Waals surface area contributed by atoms with Gasteiger partial charge in [0.1, 0.15) is 5.75 Å². The van der Waals surface area contributed by atoms with Crippen LogP contribution in [0.5, 0.6) is 5.75 Å². The van der Waals surface area contributed by atoms with Gasteiger partial charge in [-0.15, -0.1) is 0 Å². The summed E-state index contributed by atoms with van der Waals surface area (Å²) in [4.78, 5) is 12.3. The molecule has 0 spiro atoms. The molecule has 0 radical (unpaired) electrons. The van der Waals surface area contributed by atoms with Gasteiger partial charge in [-0.25, -0.2) is 0 Å². The van der Waals surface area contributed by atoms with Crippen molar-refractivity contribution in [3.8, 4) is 5.75 Å². The number of carbonyl (C=O) groups excluding carboxylic acids is 1. The summed E-state index contributed by atoms with van der Waals surface area (Å²) in [6.45, 7) is 4.02. The zero-order valence-corrected chi connectivity index (χ0v) is 13.2. The molecular formula is C16H16BrNO2. The van der Waals surface area contributed by atoms with Crippen LogP contribution in [0.25, 0.3) is 0 Å². The van der Waals surface area contributed by atoms with Crippen molar-refractivity contribution in [1.82, 2.24) is 0 Å². The summed E-state index contributed by atoms with van der Waals surface area (Å²) in [5, 5.41) is 2.93. The first kappa shape index (κ1) is 14.6. The van der Waals surface area contributed by atoms with Crippen LogP contribution in [0.2, 0.25) is 0 Å². The summed E-state index contributed by atoms with van der Waals surface area (Å²) in [6.07, 6.45) is 0. The van der Waals surface area contributed by atoms with E-state index in [1.165, 1.54) is 0 Å². The van der Waals surface area contributed by atoms with Gasteiger partial charge in [-0.05, 0) is 65.2 Å². The van der Waals surface area contributed by atoms with E-state index < -0.39 is 0 Å². The van der Waals surface area contributed by atoms with Crippen LogP contribution in [0.15, 0.2) is 40.9 Å². The number of aryl methyl sites for hydroxylation is 1. The van der Waals surface area contributed by atoms with E-state index in [0.29, 0.717) is 11.3 Å². The Balaban J connectivity index is 2.24. The highest BCUT2D eigenvalue weighted by Gasteiger charge is 2.10. The first-order valence-corrected chi connectivity index (χ1v) is 7.03. The Hall–Kier alpha value is -1.81. The van der Waals surface area contributed by atoms with Gasteiger partial charge in [-0.2, -0.15) is 0 Å². The fraction of sp³-hybridized carbons (Fsp3) is 0.188. The molecule has 0 saturated carbocycles. The number of ether oxygens (including phenoxy) is 1. The lowest BCUT2D eigenvalue weighted by molar-refractivity contribution is 0.102. The second-order valence-corrected chi connectivity index (χ2v) is 5.41. The van der Waals surface area contributed by atoms with Gasteiger partial charge in [0.2, 0.25) is 0 Å². The number of halogens is 1. The maximum absolute atomic E-state index is 12.3. The molecule has 0 aromatic heterocycles. The molecule has 1 amide bonds. The van der Waals surface area contributed by atoms with Crippen molar-refractivity contribution in [3.05, 3.63) is 57.6 Å². The molecule has 0 unspecified atom stereocenters. The second-order valence-electron chi connectivity index (χ2n) is 4.55. The molecule has 0 fully saturated rings. The van der Waals surface area contributed by atoms with E-state index in [9.17, 15) is 4.79 Å². The number of rotatable bonds is 3. The molecule has 2 aromatic rings. The topological polar surface area (TPSA) is 38.3 Å². The summed E-state index contributed by atoms with van der Waals surface area (Å²) in [5.74, 6) is 0.565. The Morgan fingerprint density at radius 3 is 2.60 bits per heavy atom. The second kappa shape index (κ2) is 6.09. The third-order valence-electron chi connectivity index (χ3n) is 3.27. The normalized spacial score (nSPS) is 10.2. The molecule has 2 aromatic carbocycles. The molecule has 0 saturated heterocycles. The maximum Gasteiger partial charge on any atom is 0.255 e. The van der Waals surface area contributed by atoms with Crippen LogP contribution >= 0.6 is 15.9 Å². The van der Waals surface area contributed by atoms with Gasteiger partial charge >= 0.3 is 0 Å². The van der Waals surface area contributed by atoms with Crippen LogP contribution in [0.1, 0.15) is 21.5 Å². The van der Waals surface area contributed by atoms with Crippen LogP contribution in [0.3, 0.4) is 0 Å². The van der Waals surface area contributed by atoms with Crippen molar-refractivity contribution in [1.29, 1.82) is 0 Å². The first-order valence-electron chi connectivity index (χ1n) is 6.24. The molecule has 0 heterocycles. The standard InChI is InChI=1S/C16H16BrNO2/c1-10-5-4-6-14(11(10)2)18-16(19)12-7-8-15(20-3)13(17)9-12/h4-9H,1-3H3,(H,18,19). The highest BCUT2D eigenvalue weighted by Crippen LogP contribution is 2.26. The Labute approximate surface area is 127 Å². The zero-order chi connectivity index (χ0) is 14.7. The van der Waals surface area contributed by atoms with Gasteiger partial charge < -0.3 is 10.1 Å². The quantitative estimate of drug-likeness (QED) is 0.907. The lowest BCUT2D eigenvalue weighted by Crippen LogP contribution is -2.13. The minimum Gasteiger partial charge on any atom is -0.496 e. The van der Waals surface area contributed by atoms with Gasteiger partial charge in [0.15, 0.2) is 0 Å². The van der Waals surface area contributed by atoms with E-state index in [0.717, 1.165) is 21.3 Å². The summed E-state index contributed by atoms with van der Waals surface area (Å²) in [5.41, 5.74) is 3.65. The average molecular weight is 334 g/mol. The highest BCUT2D eigenvalue weighted by atomic mass is 79.9. The van der Waals surface area contributed by atoms with E-state index >= 15 is 0 Å². The van der Waals surface area contributed by atoms with Crippen molar-refractivity contribution in [2.24, 2.45) is 0 Å². The number of nitrogens with one attached hydrogen (secondary N) is 1. The van der Waals surface area contributed by atoms with Crippen LogP contribution < -0.4 is 10.1 Å². The van der Waals surface area contributed by atoms with E-state index in [2.05, 4.69) is 21.2 Å². The van der Waals surface area contributed by atoms with Crippen LogP contribution in [0, 0.1) is 13.8 Å². The van der Waals surface area contributed by atoms with Gasteiger partial charge in [0.25, 0.3) is 5.91 Å². The summed E-state index contributed by atoms with van der Waals surface area (Å²) in [6, 6.07) is 11.1. The number of amides is 1. The Morgan fingerprint density at radius 1 is 1.20 bits per heavy atom. The Kier molecular flexibility index (Phi) is 4.45. The number of benzene rings is 2. The number of carbonyl (C=O) groups is 1. The predicted octanol–water partition coefficient (Wildman–Crippen LogP) is 4.33. The molecule has 0 atom stereocenters. The highest BCUT2D eigenvalue weighted by molar-refractivity contribution is 9.10. The van der Waals surface area contributed by atoms with Crippen molar-refractivity contribution < 1.29 is 9.53 Å². The molecule has 3 nitrogen and oxygen atoms in total. The zero-order valence-electron chi connectivity index (χ0n) is 11.7.